The van der Waals surface area contributed by atoms with Crippen LogP contribution in [0, 0.1) is 10.1 Å². The molecule has 2 aromatic carbocycles. The van der Waals surface area contributed by atoms with Crippen molar-refractivity contribution in [1.29, 1.82) is 0 Å². The van der Waals surface area contributed by atoms with E-state index in [-0.39, 0.29) is 5.69 Å². The number of benzene rings is 2. The maximum atomic E-state index is 10.7. The predicted molar refractivity (Wildman–Crippen MR) is 98.4 cm³/mol. The maximum absolute atomic E-state index is 10.7. The number of rotatable bonds is 5. The largest absolute Gasteiger partial charge is 0.378 e. The lowest BCUT2D eigenvalue weighted by atomic mass is 10.1. The first kappa shape index (κ1) is 16.9. The van der Waals surface area contributed by atoms with Crippen molar-refractivity contribution in [2.24, 2.45) is 5.10 Å². The van der Waals surface area contributed by atoms with Crippen molar-refractivity contribution >= 4 is 22.8 Å². The first-order valence-corrected chi connectivity index (χ1v) is 8.11. The number of morpholine rings is 1. The molecule has 0 atom stereocenters. The number of hydrazone groups is 1. The molecule has 0 aromatic heterocycles. The molecule has 3 rings (SSSR count). The van der Waals surface area contributed by atoms with Gasteiger partial charge in [-0.1, -0.05) is 12.1 Å². The monoisotopic (exact) mass is 340 g/mol. The van der Waals surface area contributed by atoms with E-state index in [4.69, 9.17) is 4.74 Å². The second kappa shape index (κ2) is 7.76. The Labute approximate surface area is 146 Å². The van der Waals surface area contributed by atoms with Gasteiger partial charge < -0.3 is 9.64 Å². The molecule has 0 radical (unpaired) electrons. The molecule has 0 amide bonds. The number of non-ortho nitro benzene ring substituents is 1. The Kier molecular flexibility index (Phi) is 5.25. The van der Waals surface area contributed by atoms with E-state index in [1.807, 2.05) is 19.1 Å². The van der Waals surface area contributed by atoms with Crippen LogP contribution in [0.1, 0.15) is 12.5 Å². The highest BCUT2D eigenvalue weighted by Crippen LogP contribution is 2.18. The highest BCUT2D eigenvalue weighted by atomic mass is 16.6. The van der Waals surface area contributed by atoms with Gasteiger partial charge in [0.2, 0.25) is 0 Å². The highest BCUT2D eigenvalue weighted by Gasteiger charge is 2.11. The molecule has 7 heteroatoms. The van der Waals surface area contributed by atoms with Crippen molar-refractivity contribution in [3.8, 4) is 0 Å². The van der Waals surface area contributed by atoms with Gasteiger partial charge in [0.15, 0.2) is 0 Å². The van der Waals surface area contributed by atoms with E-state index in [2.05, 4.69) is 27.6 Å². The molecule has 0 spiro atoms. The van der Waals surface area contributed by atoms with Gasteiger partial charge in [-0.15, -0.1) is 0 Å². The fourth-order valence-corrected chi connectivity index (χ4v) is 2.61. The van der Waals surface area contributed by atoms with Gasteiger partial charge in [0, 0.05) is 30.9 Å². The third kappa shape index (κ3) is 4.33. The van der Waals surface area contributed by atoms with E-state index in [0.29, 0.717) is 5.69 Å². The average molecular weight is 340 g/mol. The second-order valence-electron chi connectivity index (χ2n) is 5.76. The summed E-state index contributed by atoms with van der Waals surface area (Å²) in [6, 6.07) is 14.4. The van der Waals surface area contributed by atoms with Gasteiger partial charge in [0.05, 0.1) is 29.5 Å². The molecule has 1 heterocycles. The van der Waals surface area contributed by atoms with Crippen LogP contribution in [-0.4, -0.2) is 36.9 Å². The number of ether oxygens (including phenoxy) is 1. The minimum absolute atomic E-state index is 0.0601. The molecule has 25 heavy (non-hydrogen) atoms. The third-order valence-electron chi connectivity index (χ3n) is 4.09. The van der Waals surface area contributed by atoms with E-state index in [1.165, 1.54) is 17.8 Å². The van der Waals surface area contributed by atoms with Crippen LogP contribution in [0.2, 0.25) is 0 Å². The van der Waals surface area contributed by atoms with Crippen molar-refractivity contribution in [3.63, 3.8) is 0 Å². The minimum atomic E-state index is -0.422. The Bertz CT molecular complexity index is 751. The van der Waals surface area contributed by atoms with Gasteiger partial charge in [-0.25, -0.2) is 0 Å². The number of nitro groups is 1. The van der Waals surface area contributed by atoms with Crippen LogP contribution < -0.4 is 10.3 Å². The lowest BCUT2D eigenvalue weighted by molar-refractivity contribution is -0.384. The Morgan fingerprint density at radius 3 is 2.36 bits per heavy atom. The van der Waals surface area contributed by atoms with E-state index < -0.39 is 4.92 Å². The van der Waals surface area contributed by atoms with Gasteiger partial charge in [-0.2, -0.15) is 5.10 Å². The summed E-state index contributed by atoms with van der Waals surface area (Å²) in [5.74, 6) is 0. The summed E-state index contributed by atoms with van der Waals surface area (Å²) in [6.45, 7) is 5.27. The fraction of sp³-hybridized carbons (Fsp3) is 0.278. The molecule has 0 bridgehead atoms. The van der Waals surface area contributed by atoms with Crippen molar-refractivity contribution in [3.05, 3.63) is 64.2 Å². The summed E-state index contributed by atoms with van der Waals surface area (Å²) < 4.78 is 5.37. The van der Waals surface area contributed by atoms with E-state index in [1.54, 1.807) is 12.1 Å². The molecule has 2 aromatic rings. The first-order chi connectivity index (χ1) is 12.1. The number of hydrogen-bond acceptors (Lipinski definition) is 6. The van der Waals surface area contributed by atoms with E-state index in [0.717, 1.165) is 37.6 Å². The van der Waals surface area contributed by atoms with Gasteiger partial charge in [0.25, 0.3) is 5.69 Å². The van der Waals surface area contributed by atoms with Gasteiger partial charge >= 0.3 is 0 Å². The van der Waals surface area contributed by atoms with Crippen LogP contribution in [-0.2, 0) is 4.74 Å². The lowest BCUT2D eigenvalue weighted by Crippen LogP contribution is -2.36. The number of hydrogen-bond donors (Lipinski definition) is 1. The van der Waals surface area contributed by atoms with Gasteiger partial charge in [0.1, 0.15) is 0 Å². The summed E-state index contributed by atoms with van der Waals surface area (Å²) in [6.07, 6.45) is 0. The standard InChI is InChI=1S/C18H20N4O3/c1-14(19-20-16-4-8-18(9-5-16)22(23)24)15-2-6-17(7-3-15)21-10-12-25-13-11-21/h2-9,20H,10-13H2,1H3/b19-14-. The van der Waals surface area contributed by atoms with Crippen LogP contribution in [0.25, 0.3) is 0 Å². The minimum Gasteiger partial charge on any atom is -0.378 e. The summed E-state index contributed by atoms with van der Waals surface area (Å²) in [4.78, 5) is 12.5. The maximum Gasteiger partial charge on any atom is 0.269 e. The van der Waals surface area contributed by atoms with E-state index in [9.17, 15) is 10.1 Å². The summed E-state index contributed by atoms with van der Waals surface area (Å²) >= 11 is 0. The Morgan fingerprint density at radius 1 is 1.12 bits per heavy atom. The molecule has 1 aliphatic rings. The van der Waals surface area contributed by atoms with Crippen molar-refractivity contribution < 1.29 is 9.66 Å². The SMILES string of the molecule is C/C(=N/Nc1ccc([N+](=O)[O-])cc1)c1ccc(N2CCOCC2)cc1. The molecule has 0 aliphatic carbocycles. The van der Waals surface area contributed by atoms with E-state index >= 15 is 0 Å². The molecule has 7 nitrogen and oxygen atoms in total. The first-order valence-electron chi connectivity index (χ1n) is 8.11. The normalized spacial score (nSPS) is 15.1. The fourth-order valence-electron chi connectivity index (χ4n) is 2.61. The smallest absolute Gasteiger partial charge is 0.269 e. The summed E-state index contributed by atoms with van der Waals surface area (Å²) in [5.41, 5.74) is 6.73. The Morgan fingerprint density at radius 2 is 1.76 bits per heavy atom. The zero-order valence-electron chi connectivity index (χ0n) is 14.0. The predicted octanol–water partition coefficient (Wildman–Crippen LogP) is 3.27. The Hall–Kier alpha value is -2.93. The summed E-state index contributed by atoms with van der Waals surface area (Å²) in [7, 11) is 0. The third-order valence-corrected chi connectivity index (χ3v) is 4.09. The van der Waals surface area contributed by atoms with Crippen molar-refractivity contribution in [1.82, 2.24) is 0 Å². The molecule has 130 valence electrons. The highest BCUT2D eigenvalue weighted by molar-refractivity contribution is 5.99. The van der Waals surface area contributed by atoms with Crippen molar-refractivity contribution in [2.45, 2.75) is 6.92 Å². The number of nitro benzene ring substituents is 1. The van der Waals surface area contributed by atoms with Gasteiger partial charge in [-0.05, 0) is 36.8 Å². The average Bonchev–Trinajstić information content (AvgIpc) is 2.67. The Balaban J connectivity index is 1.64. The molecule has 1 N–H and O–H groups in total. The van der Waals surface area contributed by atoms with Crippen molar-refractivity contribution in [2.75, 3.05) is 36.6 Å². The molecule has 0 unspecified atom stereocenters. The van der Waals surface area contributed by atoms with Crippen LogP contribution >= 0.6 is 0 Å². The second-order valence-corrected chi connectivity index (χ2v) is 5.76. The lowest BCUT2D eigenvalue weighted by Gasteiger charge is -2.28. The quantitative estimate of drug-likeness (QED) is 0.513. The molecule has 0 saturated carbocycles. The van der Waals surface area contributed by atoms with Crippen LogP contribution in [0.3, 0.4) is 0 Å². The van der Waals surface area contributed by atoms with Crippen LogP contribution in [0.5, 0.6) is 0 Å². The summed E-state index contributed by atoms with van der Waals surface area (Å²) in [5, 5.41) is 15.0. The van der Waals surface area contributed by atoms with Crippen LogP contribution in [0.15, 0.2) is 53.6 Å². The van der Waals surface area contributed by atoms with Crippen LogP contribution in [0.4, 0.5) is 17.1 Å². The zero-order valence-corrected chi connectivity index (χ0v) is 14.0. The molecular weight excluding hydrogens is 320 g/mol. The molecular formula is C18H20N4O3. The molecule has 1 fully saturated rings. The number of nitrogens with one attached hydrogen (secondary N) is 1. The zero-order chi connectivity index (χ0) is 17.6. The van der Waals surface area contributed by atoms with Gasteiger partial charge in [-0.3, -0.25) is 15.5 Å². The number of nitrogens with zero attached hydrogens (tertiary/aromatic N) is 3. The molecule has 1 aliphatic heterocycles. The molecule has 1 saturated heterocycles. The topological polar surface area (TPSA) is 80.0 Å². The number of anilines is 2.